The van der Waals surface area contributed by atoms with Crippen molar-refractivity contribution in [1.82, 2.24) is 4.98 Å². The predicted octanol–water partition coefficient (Wildman–Crippen LogP) is 5.18. The van der Waals surface area contributed by atoms with E-state index in [0.717, 1.165) is 19.6 Å². The van der Waals surface area contributed by atoms with Gasteiger partial charge in [-0.25, -0.2) is 4.98 Å². The van der Waals surface area contributed by atoms with Crippen molar-refractivity contribution in [2.75, 3.05) is 36.5 Å². The van der Waals surface area contributed by atoms with Crippen LogP contribution in [0.4, 0.5) is 15.9 Å². The van der Waals surface area contributed by atoms with E-state index in [4.69, 9.17) is 4.74 Å². The smallest absolute Gasteiger partial charge is 0.238 e. The summed E-state index contributed by atoms with van der Waals surface area (Å²) in [5.74, 6) is -0.232. The Balaban J connectivity index is 0.00000158. The molecule has 0 unspecified atom stereocenters. The van der Waals surface area contributed by atoms with Crippen molar-refractivity contribution in [3.05, 3.63) is 17.6 Å². The van der Waals surface area contributed by atoms with Gasteiger partial charge in [-0.2, -0.15) is 4.39 Å². The lowest BCUT2D eigenvalue weighted by Gasteiger charge is -2.22. The molecule has 1 aliphatic heterocycles. The molecule has 0 atom stereocenters. The molecule has 1 saturated heterocycles. The zero-order valence-electron chi connectivity index (χ0n) is 18.4. The third-order valence-corrected chi connectivity index (χ3v) is 3.66. The number of nitrogens with zero attached hydrogens (tertiary/aromatic N) is 2. The third-order valence-electron chi connectivity index (χ3n) is 3.66. The number of ether oxygens (including phenoxy) is 1. The molecule has 6 heteroatoms. The normalized spacial score (nSPS) is 14.2. The van der Waals surface area contributed by atoms with Crippen LogP contribution in [-0.2, 0) is 9.53 Å². The first kappa shape index (κ1) is 25.3. The SMILES string of the molecule is CC.CC.Cc1cc(N2CCCOCC2)nc(F)c1NC(=O)CC(C)(C)C. The Kier molecular flexibility index (Phi) is 11.9. The molecule has 0 aliphatic carbocycles. The van der Waals surface area contributed by atoms with Crippen LogP contribution < -0.4 is 10.2 Å². The van der Waals surface area contributed by atoms with Crippen LogP contribution in [0.3, 0.4) is 0 Å². The van der Waals surface area contributed by atoms with Crippen molar-refractivity contribution in [1.29, 1.82) is 0 Å². The van der Waals surface area contributed by atoms with E-state index in [2.05, 4.69) is 10.3 Å². The van der Waals surface area contributed by atoms with Crippen molar-refractivity contribution in [2.24, 2.45) is 5.41 Å². The topological polar surface area (TPSA) is 54.5 Å². The molecule has 2 heterocycles. The van der Waals surface area contributed by atoms with Gasteiger partial charge in [-0.05, 0) is 30.4 Å². The summed E-state index contributed by atoms with van der Waals surface area (Å²) < 4.78 is 19.8. The molecular weight excluding hydrogens is 345 g/mol. The van der Waals surface area contributed by atoms with Gasteiger partial charge >= 0.3 is 0 Å². The minimum atomic E-state index is -0.632. The molecule has 1 amide bonds. The summed E-state index contributed by atoms with van der Waals surface area (Å²) >= 11 is 0. The van der Waals surface area contributed by atoms with E-state index < -0.39 is 5.95 Å². The highest BCUT2D eigenvalue weighted by molar-refractivity contribution is 5.92. The van der Waals surface area contributed by atoms with Crippen LogP contribution in [0.1, 0.15) is 66.9 Å². The number of pyridine rings is 1. The van der Waals surface area contributed by atoms with Gasteiger partial charge in [0.1, 0.15) is 5.82 Å². The first-order valence-electron chi connectivity index (χ1n) is 10.1. The lowest BCUT2D eigenvalue weighted by Crippen LogP contribution is -2.27. The Morgan fingerprint density at radius 2 is 1.85 bits per heavy atom. The van der Waals surface area contributed by atoms with Gasteiger partial charge in [0.15, 0.2) is 0 Å². The lowest BCUT2D eigenvalue weighted by molar-refractivity contribution is -0.117. The third kappa shape index (κ3) is 9.18. The standard InChI is InChI=1S/C17H26FN3O2.2C2H6/c1-12-10-13(21-6-5-8-23-9-7-21)19-16(18)15(12)20-14(22)11-17(2,3)4;2*1-2/h10H,5-9,11H2,1-4H3,(H,20,22);2*1-2H3. The highest BCUT2D eigenvalue weighted by Gasteiger charge is 2.20. The Morgan fingerprint density at radius 3 is 2.41 bits per heavy atom. The van der Waals surface area contributed by atoms with Crippen LogP contribution in [-0.4, -0.2) is 37.2 Å². The number of anilines is 2. The maximum atomic E-state index is 14.4. The molecular formula is C21H38FN3O2. The van der Waals surface area contributed by atoms with Gasteiger partial charge in [0, 0.05) is 26.1 Å². The van der Waals surface area contributed by atoms with Crippen LogP contribution in [0.15, 0.2) is 6.07 Å². The van der Waals surface area contributed by atoms with E-state index in [9.17, 15) is 9.18 Å². The number of rotatable bonds is 3. The van der Waals surface area contributed by atoms with E-state index in [1.807, 2.05) is 59.4 Å². The fraction of sp³-hybridized carbons (Fsp3) is 0.714. The number of carbonyl (C=O) groups excluding carboxylic acids is 1. The van der Waals surface area contributed by atoms with Gasteiger partial charge in [0.25, 0.3) is 0 Å². The van der Waals surface area contributed by atoms with Gasteiger partial charge in [-0.1, -0.05) is 48.5 Å². The molecule has 0 spiro atoms. The Labute approximate surface area is 164 Å². The fourth-order valence-corrected chi connectivity index (χ4v) is 2.57. The van der Waals surface area contributed by atoms with E-state index in [0.29, 0.717) is 31.0 Å². The van der Waals surface area contributed by atoms with Gasteiger partial charge in [0.2, 0.25) is 11.9 Å². The predicted molar refractivity (Wildman–Crippen MR) is 112 cm³/mol. The second kappa shape index (κ2) is 12.7. The summed E-state index contributed by atoms with van der Waals surface area (Å²) in [5, 5.41) is 2.66. The number of halogens is 1. The number of hydrogen-bond acceptors (Lipinski definition) is 4. The molecule has 1 aliphatic rings. The van der Waals surface area contributed by atoms with Crippen molar-refractivity contribution >= 4 is 17.4 Å². The molecule has 1 aromatic heterocycles. The summed E-state index contributed by atoms with van der Waals surface area (Å²) in [6.07, 6.45) is 1.23. The number of carbonyl (C=O) groups is 1. The molecule has 1 N–H and O–H groups in total. The average Bonchev–Trinajstić information content (AvgIpc) is 2.89. The van der Waals surface area contributed by atoms with Crippen molar-refractivity contribution in [3.8, 4) is 0 Å². The summed E-state index contributed by atoms with van der Waals surface area (Å²) in [6.45, 7) is 18.5. The van der Waals surface area contributed by atoms with E-state index >= 15 is 0 Å². The molecule has 27 heavy (non-hydrogen) atoms. The minimum Gasteiger partial charge on any atom is -0.380 e. The summed E-state index contributed by atoms with van der Waals surface area (Å²) in [7, 11) is 0. The van der Waals surface area contributed by atoms with Crippen molar-refractivity contribution < 1.29 is 13.9 Å². The van der Waals surface area contributed by atoms with Crippen LogP contribution >= 0.6 is 0 Å². The number of nitrogens with one attached hydrogen (secondary N) is 1. The molecule has 0 radical (unpaired) electrons. The molecule has 156 valence electrons. The highest BCUT2D eigenvalue weighted by Crippen LogP contribution is 2.25. The van der Waals surface area contributed by atoms with Crippen LogP contribution in [0, 0.1) is 18.3 Å². The Bertz CT molecular complexity index is 540. The molecule has 1 aromatic rings. The quantitative estimate of drug-likeness (QED) is 0.731. The molecule has 0 bridgehead atoms. The lowest BCUT2D eigenvalue weighted by atomic mass is 9.92. The van der Waals surface area contributed by atoms with Gasteiger partial charge in [-0.3, -0.25) is 4.79 Å². The summed E-state index contributed by atoms with van der Waals surface area (Å²) in [6, 6.07) is 1.82. The number of amides is 1. The number of hydrogen-bond donors (Lipinski definition) is 1. The average molecular weight is 384 g/mol. The molecule has 1 fully saturated rings. The van der Waals surface area contributed by atoms with Crippen molar-refractivity contribution in [3.63, 3.8) is 0 Å². The zero-order chi connectivity index (χ0) is 21.0. The van der Waals surface area contributed by atoms with Gasteiger partial charge in [-0.15, -0.1) is 0 Å². The monoisotopic (exact) mass is 383 g/mol. The largest absolute Gasteiger partial charge is 0.380 e. The number of aryl methyl sites for hydroxylation is 1. The highest BCUT2D eigenvalue weighted by atomic mass is 19.1. The van der Waals surface area contributed by atoms with Gasteiger partial charge < -0.3 is 15.0 Å². The van der Waals surface area contributed by atoms with E-state index in [-0.39, 0.29) is 17.0 Å². The van der Waals surface area contributed by atoms with Crippen LogP contribution in [0.25, 0.3) is 0 Å². The molecule has 0 aromatic carbocycles. The molecule has 0 saturated carbocycles. The second-order valence-corrected chi connectivity index (χ2v) is 7.20. The van der Waals surface area contributed by atoms with E-state index in [1.165, 1.54) is 0 Å². The first-order chi connectivity index (χ1) is 12.8. The maximum absolute atomic E-state index is 14.4. The second-order valence-electron chi connectivity index (χ2n) is 7.20. The van der Waals surface area contributed by atoms with E-state index in [1.54, 1.807) is 6.92 Å². The molecule has 2 rings (SSSR count). The zero-order valence-corrected chi connectivity index (χ0v) is 18.4. The Hall–Kier alpha value is -1.69. The Morgan fingerprint density at radius 1 is 1.22 bits per heavy atom. The molecule has 5 nitrogen and oxygen atoms in total. The minimum absolute atomic E-state index is 0.145. The fourth-order valence-electron chi connectivity index (χ4n) is 2.57. The maximum Gasteiger partial charge on any atom is 0.238 e. The van der Waals surface area contributed by atoms with Gasteiger partial charge in [0.05, 0.1) is 12.3 Å². The van der Waals surface area contributed by atoms with Crippen molar-refractivity contribution in [2.45, 2.75) is 68.2 Å². The summed E-state index contributed by atoms with van der Waals surface area (Å²) in [4.78, 5) is 18.1. The number of aromatic nitrogens is 1. The van der Waals surface area contributed by atoms with Crippen LogP contribution in [0.5, 0.6) is 0 Å². The van der Waals surface area contributed by atoms with Crippen LogP contribution in [0.2, 0.25) is 0 Å². The first-order valence-corrected chi connectivity index (χ1v) is 10.1. The summed E-state index contributed by atoms with van der Waals surface area (Å²) in [5.41, 5.74) is 0.711.